The zero-order chi connectivity index (χ0) is 18.1. The van der Waals surface area contributed by atoms with Crippen LogP contribution < -0.4 is 5.32 Å². The van der Waals surface area contributed by atoms with Crippen molar-refractivity contribution in [2.75, 3.05) is 36.6 Å². The number of nitrogens with one attached hydrogen (secondary N) is 1. The summed E-state index contributed by atoms with van der Waals surface area (Å²) in [6.45, 7) is 5.36. The summed E-state index contributed by atoms with van der Waals surface area (Å²) >= 11 is 2.26. The molecule has 1 heterocycles. The average molecular weight is 375 g/mol. The van der Waals surface area contributed by atoms with E-state index in [0.29, 0.717) is 11.3 Å². The number of carbonyl (C=O) groups is 3. The molecule has 0 aromatic carbocycles. The summed E-state index contributed by atoms with van der Waals surface area (Å²) in [6, 6.07) is 0. The van der Waals surface area contributed by atoms with Gasteiger partial charge in [0.1, 0.15) is 9.88 Å². The highest BCUT2D eigenvalue weighted by atomic mass is 32.2. The maximum atomic E-state index is 12.2. The third kappa shape index (κ3) is 5.50. The smallest absolute Gasteiger partial charge is 0.348 e. The molecule has 0 saturated carbocycles. The summed E-state index contributed by atoms with van der Waals surface area (Å²) in [7, 11) is 0. The summed E-state index contributed by atoms with van der Waals surface area (Å²) in [5, 5.41) is 11.6. The maximum Gasteiger partial charge on any atom is 0.348 e. The van der Waals surface area contributed by atoms with Crippen molar-refractivity contribution < 1.29 is 29.0 Å². The first-order valence-corrected chi connectivity index (χ1v) is 9.39. The number of esters is 2. The van der Waals surface area contributed by atoms with Crippen LogP contribution in [0.4, 0.5) is 5.00 Å². The van der Waals surface area contributed by atoms with E-state index in [1.54, 1.807) is 20.8 Å². The van der Waals surface area contributed by atoms with Crippen molar-refractivity contribution in [1.29, 1.82) is 0 Å². The second-order valence-corrected chi connectivity index (χ2v) is 6.65. The van der Waals surface area contributed by atoms with Gasteiger partial charge in [0.15, 0.2) is 0 Å². The van der Waals surface area contributed by atoms with Crippen LogP contribution in [-0.4, -0.2) is 54.3 Å². The summed E-state index contributed by atoms with van der Waals surface area (Å²) in [4.78, 5) is 36.4. The summed E-state index contributed by atoms with van der Waals surface area (Å²) in [6.07, 6.45) is 0. The first-order chi connectivity index (χ1) is 11.5. The minimum atomic E-state index is -0.597. The molecule has 7 nitrogen and oxygen atoms in total. The third-order valence-electron chi connectivity index (χ3n) is 2.81. The molecule has 1 amide bonds. The van der Waals surface area contributed by atoms with Gasteiger partial charge in [-0.25, -0.2) is 9.59 Å². The minimum absolute atomic E-state index is 0.0167. The van der Waals surface area contributed by atoms with Crippen LogP contribution in [0.1, 0.15) is 39.4 Å². The average Bonchev–Trinajstić information content (AvgIpc) is 2.84. The van der Waals surface area contributed by atoms with Crippen LogP contribution >= 0.6 is 23.1 Å². The molecule has 0 aliphatic heterocycles. The molecule has 0 saturated heterocycles. The van der Waals surface area contributed by atoms with E-state index >= 15 is 0 Å². The third-order valence-corrected chi connectivity index (χ3v) is 4.93. The van der Waals surface area contributed by atoms with Crippen LogP contribution in [0.25, 0.3) is 0 Å². The molecule has 2 N–H and O–H groups in total. The molecule has 24 heavy (non-hydrogen) atoms. The van der Waals surface area contributed by atoms with Gasteiger partial charge in [0.2, 0.25) is 5.91 Å². The Balaban J connectivity index is 3.07. The first kappa shape index (κ1) is 20.5. The lowest BCUT2D eigenvalue weighted by atomic mass is 10.1. The fourth-order valence-corrected chi connectivity index (χ4v) is 3.47. The van der Waals surface area contributed by atoms with Gasteiger partial charge in [-0.1, -0.05) is 0 Å². The highest BCUT2D eigenvalue weighted by Crippen LogP contribution is 2.34. The lowest BCUT2D eigenvalue weighted by Gasteiger charge is -2.06. The molecule has 1 aromatic heterocycles. The first-order valence-electron chi connectivity index (χ1n) is 7.42. The summed E-state index contributed by atoms with van der Waals surface area (Å²) in [5.74, 6) is -0.888. The number of aliphatic hydroxyl groups is 1. The van der Waals surface area contributed by atoms with E-state index in [1.165, 1.54) is 11.8 Å². The number of hydrogen-bond acceptors (Lipinski definition) is 8. The van der Waals surface area contributed by atoms with E-state index in [1.807, 2.05) is 0 Å². The van der Waals surface area contributed by atoms with Crippen molar-refractivity contribution in [3.05, 3.63) is 16.0 Å². The van der Waals surface area contributed by atoms with Gasteiger partial charge in [-0.15, -0.1) is 23.1 Å². The zero-order valence-corrected chi connectivity index (χ0v) is 15.5. The van der Waals surface area contributed by atoms with Gasteiger partial charge in [0, 0.05) is 5.75 Å². The molecule has 0 bridgehead atoms. The molecule has 0 atom stereocenters. The van der Waals surface area contributed by atoms with Crippen molar-refractivity contribution in [3.8, 4) is 0 Å². The molecule has 0 aliphatic rings. The highest BCUT2D eigenvalue weighted by molar-refractivity contribution is 7.99. The van der Waals surface area contributed by atoms with Crippen molar-refractivity contribution >= 4 is 45.9 Å². The SMILES string of the molecule is CCOC(=O)c1sc(NC(=O)CSCCO)c(C(=O)OCC)c1C. The van der Waals surface area contributed by atoms with Crippen molar-refractivity contribution in [2.24, 2.45) is 0 Å². The quantitative estimate of drug-likeness (QED) is 0.503. The standard InChI is InChI=1S/C15H21NO6S2/c1-4-21-14(19)11-9(3)12(15(20)22-5-2)24-13(11)16-10(18)8-23-7-6-17/h17H,4-8H2,1-3H3,(H,16,18). The fraction of sp³-hybridized carbons (Fsp3) is 0.533. The molecule has 0 radical (unpaired) electrons. The predicted molar refractivity (Wildman–Crippen MR) is 94.0 cm³/mol. The monoisotopic (exact) mass is 375 g/mol. The van der Waals surface area contributed by atoms with Gasteiger partial charge < -0.3 is 19.9 Å². The number of thioether (sulfide) groups is 1. The largest absolute Gasteiger partial charge is 0.462 e. The van der Waals surface area contributed by atoms with Crippen LogP contribution in [0, 0.1) is 6.92 Å². The highest BCUT2D eigenvalue weighted by Gasteiger charge is 2.27. The molecule has 0 spiro atoms. The molecule has 134 valence electrons. The van der Waals surface area contributed by atoms with Gasteiger partial charge in [0.05, 0.1) is 31.1 Å². The molecule has 1 rings (SSSR count). The van der Waals surface area contributed by atoms with Crippen molar-refractivity contribution in [2.45, 2.75) is 20.8 Å². The van der Waals surface area contributed by atoms with E-state index < -0.39 is 11.9 Å². The number of carbonyl (C=O) groups excluding carboxylic acids is 3. The van der Waals surface area contributed by atoms with E-state index in [0.717, 1.165) is 11.3 Å². The fourth-order valence-electron chi connectivity index (χ4n) is 1.83. The number of anilines is 1. The predicted octanol–water partition coefficient (Wildman–Crippen LogP) is 2.07. The number of amides is 1. The Morgan fingerprint density at radius 2 is 1.79 bits per heavy atom. The molecule has 0 fully saturated rings. The maximum absolute atomic E-state index is 12.2. The zero-order valence-electron chi connectivity index (χ0n) is 13.8. The Morgan fingerprint density at radius 3 is 2.38 bits per heavy atom. The minimum Gasteiger partial charge on any atom is -0.462 e. The topological polar surface area (TPSA) is 102 Å². The molecular formula is C15H21NO6S2. The summed E-state index contributed by atoms with van der Waals surface area (Å²) < 4.78 is 9.98. The van der Waals surface area contributed by atoms with Gasteiger partial charge in [-0.05, 0) is 26.3 Å². The summed E-state index contributed by atoms with van der Waals surface area (Å²) in [5.41, 5.74) is 0.598. The lowest BCUT2D eigenvalue weighted by Crippen LogP contribution is -2.17. The van der Waals surface area contributed by atoms with Crippen LogP contribution in [0.2, 0.25) is 0 Å². The molecule has 1 aromatic rings. The van der Waals surface area contributed by atoms with Crippen LogP contribution in [0.3, 0.4) is 0 Å². The second kappa shape index (κ2) is 10.3. The normalized spacial score (nSPS) is 10.3. The number of aliphatic hydroxyl groups excluding tert-OH is 1. The molecular weight excluding hydrogens is 354 g/mol. The number of thiophene rings is 1. The molecule has 0 aliphatic carbocycles. The van der Waals surface area contributed by atoms with Crippen LogP contribution in [0.15, 0.2) is 0 Å². The van der Waals surface area contributed by atoms with Gasteiger partial charge in [-0.3, -0.25) is 4.79 Å². The number of rotatable bonds is 9. The van der Waals surface area contributed by atoms with E-state index in [4.69, 9.17) is 14.6 Å². The van der Waals surface area contributed by atoms with E-state index in [-0.39, 0.29) is 46.9 Å². The Bertz CT molecular complexity index is 599. The van der Waals surface area contributed by atoms with Crippen LogP contribution in [0.5, 0.6) is 0 Å². The Morgan fingerprint density at radius 1 is 1.17 bits per heavy atom. The lowest BCUT2D eigenvalue weighted by molar-refractivity contribution is -0.113. The van der Waals surface area contributed by atoms with Crippen LogP contribution in [-0.2, 0) is 14.3 Å². The Hall–Kier alpha value is -1.58. The Labute approximate surface area is 148 Å². The van der Waals surface area contributed by atoms with Gasteiger partial charge >= 0.3 is 11.9 Å². The second-order valence-electron chi connectivity index (χ2n) is 4.53. The molecule has 0 unspecified atom stereocenters. The Kier molecular flexibility index (Phi) is 8.80. The van der Waals surface area contributed by atoms with E-state index in [9.17, 15) is 14.4 Å². The van der Waals surface area contributed by atoms with Crippen molar-refractivity contribution in [3.63, 3.8) is 0 Å². The molecule has 9 heteroatoms. The number of hydrogen-bond donors (Lipinski definition) is 2. The van der Waals surface area contributed by atoms with E-state index in [2.05, 4.69) is 5.32 Å². The van der Waals surface area contributed by atoms with Gasteiger partial charge in [0.25, 0.3) is 0 Å². The number of ether oxygens (including phenoxy) is 2. The van der Waals surface area contributed by atoms with Gasteiger partial charge in [-0.2, -0.15) is 0 Å². The van der Waals surface area contributed by atoms with Crippen molar-refractivity contribution in [1.82, 2.24) is 0 Å².